The average molecular weight is 468 g/mol. The summed E-state index contributed by atoms with van der Waals surface area (Å²) < 4.78 is 5.23. The Hall–Kier alpha value is -3.39. The Kier molecular flexibility index (Phi) is 9.04. The van der Waals surface area contributed by atoms with E-state index in [-0.39, 0.29) is 11.8 Å². The fraction of sp³-hybridized carbons (Fsp3) is 0.423. The number of nitrogens with one attached hydrogen (secondary N) is 2. The third-order valence-electron chi connectivity index (χ3n) is 6.43. The molecule has 0 aromatic heterocycles. The van der Waals surface area contributed by atoms with E-state index >= 15 is 0 Å². The van der Waals surface area contributed by atoms with Gasteiger partial charge < -0.3 is 15.0 Å². The topological polar surface area (TPSA) is 108 Å². The molecule has 8 heteroatoms. The molecule has 0 spiro atoms. The minimum absolute atomic E-state index is 0.204. The van der Waals surface area contributed by atoms with Gasteiger partial charge in [0.2, 0.25) is 17.7 Å². The highest BCUT2D eigenvalue weighted by Crippen LogP contribution is 2.33. The molecule has 1 heterocycles. The maximum atomic E-state index is 13.9. The fourth-order valence-electron chi connectivity index (χ4n) is 4.56. The highest BCUT2D eigenvalue weighted by Gasteiger charge is 2.41. The smallest absolute Gasteiger partial charge is 0.247 e. The second-order valence-electron chi connectivity index (χ2n) is 8.49. The van der Waals surface area contributed by atoms with Crippen molar-refractivity contribution >= 4 is 17.7 Å². The number of hydroxylamine groups is 1. The number of benzene rings is 2. The average Bonchev–Trinajstić information content (AvgIpc) is 2.90. The van der Waals surface area contributed by atoms with Crippen LogP contribution < -0.4 is 15.5 Å². The Balaban J connectivity index is 1.86. The first-order valence-corrected chi connectivity index (χ1v) is 11.7. The standard InChI is InChI=1S/C26H33N3O5/c1-3-21(24(30)28-33)23(19-12-14-20(34-2)15-13-19)26(32)29-16-8-7-11-22(29)25(31)27-17-18-9-5-4-6-10-18/h4-6,9-10,12-15,21-23,33H,3,7-8,11,16-17H2,1-2H3,(H,27,31)(H,28,30)/t21-,22-,23+/m0/s1. The largest absolute Gasteiger partial charge is 0.497 e. The van der Waals surface area contributed by atoms with Crippen molar-refractivity contribution in [1.29, 1.82) is 0 Å². The van der Waals surface area contributed by atoms with E-state index in [1.807, 2.05) is 30.3 Å². The van der Waals surface area contributed by atoms with E-state index in [1.54, 1.807) is 48.7 Å². The number of piperidine rings is 1. The normalized spacial score (nSPS) is 17.4. The van der Waals surface area contributed by atoms with Crippen LogP contribution in [0.1, 0.15) is 49.7 Å². The molecule has 1 saturated heterocycles. The summed E-state index contributed by atoms with van der Waals surface area (Å²) in [6.07, 6.45) is 2.53. The zero-order valence-corrected chi connectivity index (χ0v) is 19.7. The van der Waals surface area contributed by atoms with Crippen LogP contribution in [0.15, 0.2) is 54.6 Å². The summed E-state index contributed by atoms with van der Waals surface area (Å²) in [5.74, 6) is -2.12. The number of carbonyl (C=O) groups excluding carboxylic acids is 3. The lowest BCUT2D eigenvalue weighted by atomic mass is 9.81. The van der Waals surface area contributed by atoms with E-state index in [0.717, 1.165) is 18.4 Å². The van der Waals surface area contributed by atoms with Crippen LogP contribution in [0.5, 0.6) is 5.75 Å². The van der Waals surface area contributed by atoms with E-state index < -0.39 is 23.8 Å². The number of ether oxygens (including phenoxy) is 1. The number of carbonyl (C=O) groups is 3. The van der Waals surface area contributed by atoms with E-state index in [9.17, 15) is 19.6 Å². The van der Waals surface area contributed by atoms with Crippen molar-refractivity contribution in [2.24, 2.45) is 5.92 Å². The quantitative estimate of drug-likeness (QED) is 0.388. The zero-order chi connectivity index (χ0) is 24.5. The van der Waals surface area contributed by atoms with Crippen molar-refractivity contribution in [3.63, 3.8) is 0 Å². The predicted molar refractivity (Wildman–Crippen MR) is 127 cm³/mol. The highest BCUT2D eigenvalue weighted by molar-refractivity contribution is 5.94. The number of rotatable bonds is 9. The second kappa shape index (κ2) is 12.2. The summed E-state index contributed by atoms with van der Waals surface area (Å²) in [6.45, 7) is 2.61. The third-order valence-corrected chi connectivity index (χ3v) is 6.43. The lowest BCUT2D eigenvalue weighted by Gasteiger charge is -2.38. The van der Waals surface area contributed by atoms with Crippen molar-refractivity contribution in [1.82, 2.24) is 15.7 Å². The van der Waals surface area contributed by atoms with Crippen molar-refractivity contribution in [3.05, 3.63) is 65.7 Å². The van der Waals surface area contributed by atoms with Crippen LogP contribution in [0.4, 0.5) is 0 Å². The third kappa shape index (κ3) is 5.94. The van der Waals surface area contributed by atoms with E-state index in [1.165, 1.54) is 0 Å². The molecule has 2 aromatic carbocycles. The molecule has 1 aliphatic rings. The Morgan fingerprint density at radius 2 is 1.79 bits per heavy atom. The molecule has 0 radical (unpaired) electrons. The molecule has 0 bridgehead atoms. The van der Waals surface area contributed by atoms with E-state index in [0.29, 0.717) is 37.2 Å². The number of hydrogen-bond acceptors (Lipinski definition) is 5. The van der Waals surface area contributed by atoms with Crippen molar-refractivity contribution < 1.29 is 24.3 Å². The van der Waals surface area contributed by atoms with Gasteiger partial charge in [0.05, 0.1) is 18.9 Å². The van der Waals surface area contributed by atoms with Crippen LogP contribution in [0, 0.1) is 5.92 Å². The molecule has 3 amide bonds. The number of amides is 3. The maximum Gasteiger partial charge on any atom is 0.247 e. The minimum Gasteiger partial charge on any atom is -0.497 e. The summed E-state index contributed by atoms with van der Waals surface area (Å²) in [7, 11) is 1.55. The van der Waals surface area contributed by atoms with Gasteiger partial charge in [-0.05, 0) is 48.9 Å². The van der Waals surface area contributed by atoms with Crippen LogP contribution in [-0.4, -0.2) is 47.5 Å². The molecule has 8 nitrogen and oxygen atoms in total. The van der Waals surface area contributed by atoms with Crippen LogP contribution in [0.3, 0.4) is 0 Å². The molecule has 182 valence electrons. The minimum atomic E-state index is -0.842. The molecule has 3 rings (SSSR count). The molecule has 1 aliphatic heterocycles. The molecule has 0 unspecified atom stereocenters. The van der Waals surface area contributed by atoms with Crippen molar-refractivity contribution in [3.8, 4) is 5.75 Å². The zero-order valence-electron chi connectivity index (χ0n) is 19.7. The first-order chi connectivity index (χ1) is 16.5. The van der Waals surface area contributed by atoms with E-state index in [2.05, 4.69) is 5.32 Å². The maximum absolute atomic E-state index is 13.9. The number of likely N-dealkylation sites (tertiary alicyclic amines) is 1. The molecule has 3 N–H and O–H groups in total. The van der Waals surface area contributed by atoms with Gasteiger partial charge in [0.15, 0.2) is 0 Å². The summed E-state index contributed by atoms with van der Waals surface area (Å²) in [5.41, 5.74) is 3.32. The van der Waals surface area contributed by atoms with Gasteiger partial charge in [-0.15, -0.1) is 0 Å². The lowest BCUT2D eigenvalue weighted by molar-refractivity contribution is -0.147. The summed E-state index contributed by atoms with van der Waals surface area (Å²) in [5, 5.41) is 12.3. The van der Waals surface area contributed by atoms with Gasteiger partial charge in [0.25, 0.3) is 0 Å². The molecular weight excluding hydrogens is 434 g/mol. The summed E-state index contributed by atoms with van der Waals surface area (Å²) in [4.78, 5) is 41.1. The van der Waals surface area contributed by atoms with Crippen LogP contribution in [0.25, 0.3) is 0 Å². The van der Waals surface area contributed by atoms with Crippen LogP contribution in [0.2, 0.25) is 0 Å². The molecular formula is C26H33N3O5. The monoisotopic (exact) mass is 467 g/mol. The second-order valence-corrected chi connectivity index (χ2v) is 8.49. The molecule has 3 atom stereocenters. The Morgan fingerprint density at radius 1 is 1.09 bits per heavy atom. The van der Waals surface area contributed by atoms with Gasteiger partial charge in [0.1, 0.15) is 11.8 Å². The lowest BCUT2D eigenvalue weighted by Crippen LogP contribution is -2.54. The first-order valence-electron chi connectivity index (χ1n) is 11.7. The number of hydrogen-bond donors (Lipinski definition) is 3. The van der Waals surface area contributed by atoms with Gasteiger partial charge in [-0.2, -0.15) is 0 Å². The highest BCUT2D eigenvalue weighted by atomic mass is 16.5. The predicted octanol–water partition coefficient (Wildman–Crippen LogP) is 3.01. The number of methoxy groups -OCH3 is 1. The van der Waals surface area contributed by atoms with Gasteiger partial charge >= 0.3 is 0 Å². The van der Waals surface area contributed by atoms with Crippen LogP contribution >= 0.6 is 0 Å². The SMILES string of the molecule is CC[C@H](C(=O)NO)[C@H](C(=O)N1CCCC[C@H]1C(=O)NCc1ccccc1)c1ccc(OC)cc1. The first kappa shape index (κ1) is 25.2. The molecule has 34 heavy (non-hydrogen) atoms. The molecule has 0 aliphatic carbocycles. The van der Waals surface area contributed by atoms with Gasteiger partial charge in [-0.1, -0.05) is 49.4 Å². The molecule has 1 fully saturated rings. The van der Waals surface area contributed by atoms with Gasteiger partial charge in [-0.25, -0.2) is 5.48 Å². The fourth-order valence-corrected chi connectivity index (χ4v) is 4.56. The van der Waals surface area contributed by atoms with Crippen LogP contribution in [-0.2, 0) is 20.9 Å². The summed E-state index contributed by atoms with van der Waals surface area (Å²) in [6, 6.07) is 16.0. The van der Waals surface area contributed by atoms with Gasteiger partial charge in [-0.3, -0.25) is 19.6 Å². The van der Waals surface area contributed by atoms with Crippen molar-refractivity contribution in [2.45, 2.75) is 51.1 Å². The van der Waals surface area contributed by atoms with Crippen molar-refractivity contribution in [2.75, 3.05) is 13.7 Å². The molecule has 0 saturated carbocycles. The molecule has 2 aromatic rings. The summed E-state index contributed by atoms with van der Waals surface area (Å²) >= 11 is 0. The van der Waals surface area contributed by atoms with Gasteiger partial charge in [0, 0.05) is 13.1 Å². The number of nitrogens with zero attached hydrogens (tertiary/aromatic N) is 1. The Bertz CT molecular complexity index is 964. The Morgan fingerprint density at radius 3 is 2.41 bits per heavy atom. The Labute approximate surface area is 200 Å². The van der Waals surface area contributed by atoms with E-state index in [4.69, 9.17) is 4.74 Å².